The fourth-order valence-electron chi connectivity index (χ4n) is 4.34. The van der Waals surface area contributed by atoms with Crippen LogP contribution < -0.4 is 16.2 Å². The lowest BCUT2D eigenvalue weighted by Crippen LogP contribution is -2.42. The predicted octanol–water partition coefficient (Wildman–Crippen LogP) is 4.02. The number of thiophene rings is 1. The number of nitrogens with zero attached hydrogens (tertiary/aromatic N) is 2. The number of hydrogen-bond acceptors (Lipinski definition) is 5. The van der Waals surface area contributed by atoms with E-state index in [2.05, 4.69) is 24.5 Å². The molecule has 1 aliphatic heterocycles. The van der Waals surface area contributed by atoms with Gasteiger partial charge in [-0.25, -0.2) is 4.39 Å². The van der Waals surface area contributed by atoms with Crippen LogP contribution in [0.2, 0.25) is 4.34 Å². The first-order valence-electron chi connectivity index (χ1n) is 11.3. The first kappa shape index (κ1) is 25.1. The molecule has 184 valence electrons. The Labute approximate surface area is 211 Å². The molecule has 2 aromatic heterocycles. The Morgan fingerprint density at radius 1 is 1.17 bits per heavy atom. The van der Waals surface area contributed by atoms with Crippen LogP contribution in [0.4, 0.5) is 10.1 Å². The van der Waals surface area contributed by atoms with Gasteiger partial charge >= 0.3 is 0 Å². The summed E-state index contributed by atoms with van der Waals surface area (Å²) in [5.41, 5.74) is 0.138. The monoisotopic (exact) mass is 516 g/mol. The number of hydrogen-bond donors (Lipinski definition) is 2. The van der Waals surface area contributed by atoms with Crippen molar-refractivity contribution in [2.75, 3.05) is 25.0 Å². The third-order valence-electron chi connectivity index (χ3n) is 6.11. The minimum atomic E-state index is -0.632. The molecule has 0 bridgehead atoms. The highest BCUT2D eigenvalue weighted by Crippen LogP contribution is 2.26. The van der Waals surface area contributed by atoms with Gasteiger partial charge in [-0.15, -0.1) is 11.3 Å². The molecule has 0 radical (unpaired) electrons. The average Bonchev–Trinajstić information content (AvgIpc) is 3.41. The molecular weight excluding hydrogens is 491 g/mol. The number of likely N-dealkylation sites (tertiary alicyclic amines) is 1. The third-order valence-corrected chi connectivity index (χ3v) is 7.34. The molecule has 7 nitrogen and oxygen atoms in total. The standard InChI is InChI=1S/C25H26ClFN4O3S/c1-15(2)17-12-30(13-20(17)29-25(34)21-8-9-22(26)35-21)14-23(32)28-19-7-6-16(11-18(19)27)31-10-4-3-5-24(31)33/h3-11,15,17,20H,12-14H2,1-2H3,(H,28,32)(H,29,34)/t17-,20?/m1/s1. The van der Waals surface area contributed by atoms with E-state index in [1.807, 2.05) is 4.90 Å². The quantitative estimate of drug-likeness (QED) is 0.497. The van der Waals surface area contributed by atoms with Crippen LogP contribution in [0.1, 0.15) is 23.5 Å². The van der Waals surface area contributed by atoms with Gasteiger partial charge < -0.3 is 10.6 Å². The molecule has 0 saturated carbocycles. The van der Waals surface area contributed by atoms with Gasteiger partial charge in [-0.3, -0.25) is 23.9 Å². The summed E-state index contributed by atoms with van der Waals surface area (Å²) in [4.78, 5) is 39.8. The van der Waals surface area contributed by atoms with Crippen molar-refractivity contribution in [3.8, 4) is 5.69 Å². The van der Waals surface area contributed by atoms with E-state index in [4.69, 9.17) is 11.6 Å². The summed E-state index contributed by atoms with van der Waals surface area (Å²) in [5, 5.41) is 5.70. The van der Waals surface area contributed by atoms with E-state index < -0.39 is 5.82 Å². The molecule has 1 aliphatic rings. The van der Waals surface area contributed by atoms with Crippen molar-refractivity contribution in [1.29, 1.82) is 0 Å². The van der Waals surface area contributed by atoms with Crippen LogP contribution in [0.5, 0.6) is 0 Å². The summed E-state index contributed by atoms with van der Waals surface area (Å²) in [6.45, 7) is 5.40. The van der Waals surface area contributed by atoms with Crippen molar-refractivity contribution < 1.29 is 14.0 Å². The van der Waals surface area contributed by atoms with Crippen LogP contribution in [-0.2, 0) is 4.79 Å². The summed E-state index contributed by atoms with van der Waals surface area (Å²) in [6, 6.07) is 12.2. The van der Waals surface area contributed by atoms with Gasteiger partial charge in [-0.05, 0) is 42.2 Å². The van der Waals surface area contributed by atoms with E-state index >= 15 is 0 Å². The third kappa shape index (κ3) is 5.98. The summed E-state index contributed by atoms with van der Waals surface area (Å²) in [7, 11) is 0. The largest absolute Gasteiger partial charge is 0.347 e. The predicted molar refractivity (Wildman–Crippen MR) is 136 cm³/mol. The second-order valence-corrected chi connectivity index (χ2v) is 10.6. The zero-order valence-electron chi connectivity index (χ0n) is 19.3. The SMILES string of the molecule is CC(C)[C@H]1CN(CC(=O)Nc2ccc(-n3ccccc3=O)cc2F)CC1NC(=O)c1ccc(Cl)s1. The highest BCUT2D eigenvalue weighted by molar-refractivity contribution is 7.18. The first-order valence-corrected chi connectivity index (χ1v) is 12.5. The van der Waals surface area contributed by atoms with Crippen LogP contribution >= 0.6 is 22.9 Å². The minimum absolute atomic E-state index is 0.0433. The summed E-state index contributed by atoms with van der Waals surface area (Å²) >= 11 is 7.17. The lowest BCUT2D eigenvalue weighted by atomic mass is 9.91. The maximum atomic E-state index is 14.7. The van der Waals surface area contributed by atoms with Crippen molar-refractivity contribution in [2.24, 2.45) is 11.8 Å². The molecule has 1 fully saturated rings. The van der Waals surface area contributed by atoms with Crippen molar-refractivity contribution in [1.82, 2.24) is 14.8 Å². The Hall–Kier alpha value is -3.01. The molecule has 1 unspecified atom stereocenters. The number of carbonyl (C=O) groups excluding carboxylic acids is 2. The molecule has 2 atom stereocenters. The van der Waals surface area contributed by atoms with Crippen molar-refractivity contribution in [3.63, 3.8) is 0 Å². The van der Waals surface area contributed by atoms with Gasteiger partial charge in [-0.2, -0.15) is 0 Å². The smallest absolute Gasteiger partial charge is 0.261 e. The molecule has 10 heteroatoms. The molecule has 2 amide bonds. The number of nitrogens with one attached hydrogen (secondary N) is 2. The summed E-state index contributed by atoms with van der Waals surface area (Å²) in [6.07, 6.45) is 1.55. The Balaban J connectivity index is 1.38. The summed E-state index contributed by atoms with van der Waals surface area (Å²) < 4.78 is 16.6. The van der Waals surface area contributed by atoms with Crippen LogP contribution in [0.25, 0.3) is 5.69 Å². The van der Waals surface area contributed by atoms with Gasteiger partial charge in [0, 0.05) is 37.5 Å². The Kier molecular flexibility index (Phi) is 7.69. The number of amides is 2. The molecule has 35 heavy (non-hydrogen) atoms. The molecule has 0 spiro atoms. The van der Waals surface area contributed by atoms with Gasteiger partial charge in [0.05, 0.1) is 27.1 Å². The lowest BCUT2D eigenvalue weighted by Gasteiger charge is -2.22. The molecule has 3 aromatic rings. The molecule has 1 aromatic carbocycles. The van der Waals surface area contributed by atoms with E-state index in [1.54, 1.807) is 36.5 Å². The second kappa shape index (κ2) is 10.7. The number of pyridine rings is 1. The number of benzene rings is 1. The van der Waals surface area contributed by atoms with Gasteiger partial charge in [0.2, 0.25) is 5.91 Å². The molecule has 3 heterocycles. The number of rotatable bonds is 7. The highest BCUT2D eigenvalue weighted by Gasteiger charge is 2.36. The Morgan fingerprint density at radius 3 is 2.63 bits per heavy atom. The Morgan fingerprint density at radius 2 is 1.97 bits per heavy atom. The zero-order chi connectivity index (χ0) is 25.1. The van der Waals surface area contributed by atoms with Crippen LogP contribution in [0, 0.1) is 17.7 Å². The van der Waals surface area contributed by atoms with E-state index in [0.717, 1.165) is 0 Å². The normalized spacial score (nSPS) is 18.1. The van der Waals surface area contributed by atoms with E-state index in [0.29, 0.717) is 33.9 Å². The Bertz CT molecular complexity index is 1290. The minimum Gasteiger partial charge on any atom is -0.347 e. The van der Waals surface area contributed by atoms with Crippen LogP contribution in [0.15, 0.2) is 59.5 Å². The van der Waals surface area contributed by atoms with Gasteiger partial charge in [0.1, 0.15) is 5.82 Å². The van der Waals surface area contributed by atoms with Gasteiger partial charge in [-0.1, -0.05) is 31.5 Å². The van der Waals surface area contributed by atoms with E-state index in [-0.39, 0.29) is 41.6 Å². The van der Waals surface area contributed by atoms with Gasteiger partial charge in [0.25, 0.3) is 11.5 Å². The van der Waals surface area contributed by atoms with Crippen molar-refractivity contribution in [2.45, 2.75) is 19.9 Å². The van der Waals surface area contributed by atoms with Crippen LogP contribution in [0.3, 0.4) is 0 Å². The second-order valence-electron chi connectivity index (χ2n) is 8.91. The fourth-order valence-corrected chi connectivity index (χ4v) is 5.28. The lowest BCUT2D eigenvalue weighted by molar-refractivity contribution is -0.117. The average molecular weight is 517 g/mol. The van der Waals surface area contributed by atoms with Crippen molar-refractivity contribution >= 4 is 40.4 Å². The summed E-state index contributed by atoms with van der Waals surface area (Å²) in [5.74, 6) is -0.696. The molecule has 2 N–H and O–H groups in total. The number of carbonyl (C=O) groups is 2. The first-order chi connectivity index (χ1) is 16.7. The molecule has 1 saturated heterocycles. The molecule has 4 rings (SSSR count). The van der Waals surface area contributed by atoms with Gasteiger partial charge in [0.15, 0.2) is 0 Å². The molecular formula is C25H26ClFN4O3S. The number of aromatic nitrogens is 1. The fraction of sp³-hybridized carbons (Fsp3) is 0.320. The maximum Gasteiger partial charge on any atom is 0.261 e. The van der Waals surface area contributed by atoms with E-state index in [9.17, 15) is 18.8 Å². The van der Waals surface area contributed by atoms with E-state index in [1.165, 1.54) is 34.1 Å². The van der Waals surface area contributed by atoms with Crippen LogP contribution in [-0.4, -0.2) is 47.0 Å². The number of halogens is 2. The van der Waals surface area contributed by atoms with Crippen molar-refractivity contribution in [3.05, 3.63) is 80.1 Å². The topological polar surface area (TPSA) is 83.4 Å². The zero-order valence-corrected chi connectivity index (χ0v) is 20.9. The molecule has 0 aliphatic carbocycles. The number of anilines is 1. The maximum absolute atomic E-state index is 14.7. The highest BCUT2D eigenvalue weighted by atomic mass is 35.5.